The van der Waals surface area contributed by atoms with E-state index in [4.69, 9.17) is 9.15 Å². The highest BCUT2D eigenvalue weighted by Crippen LogP contribution is 2.63. The van der Waals surface area contributed by atoms with Crippen LogP contribution in [-0.2, 0) is 5.41 Å². The standard InChI is InChI=1S/C67H43NO2/c1-3-19-44(20-4-1)49-23-7-8-24-50(49)46-35-39-62(55(41-46)45-21-5-2-6-22-45)68(61-31-15-10-25-51(61)47-36-40-64-56(42-47)54-27-11-16-32-63(54)69-64)48-37-38-53-52-26-9-12-28-57(52)67(60(53)43-48)58-29-13-17-33-65(58)70-66-34-18-14-30-59(66)67/h1-43H. The lowest BCUT2D eigenvalue weighted by Gasteiger charge is -2.39. The van der Waals surface area contributed by atoms with E-state index in [-0.39, 0.29) is 0 Å². The minimum absolute atomic E-state index is 0.640. The molecule has 0 fully saturated rings. The quantitative estimate of drug-likeness (QED) is 0.159. The Morgan fingerprint density at radius 2 is 0.800 bits per heavy atom. The molecule has 1 spiro atoms. The summed E-state index contributed by atoms with van der Waals surface area (Å²) < 4.78 is 13.1. The smallest absolute Gasteiger partial charge is 0.135 e. The monoisotopic (exact) mass is 893 g/mol. The number of anilines is 3. The Kier molecular flexibility index (Phi) is 9.11. The highest BCUT2D eigenvalue weighted by molar-refractivity contribution is 6.07. The topological polar surface area (TPSA) is 25.6 Å². The molecule has 3 nitrogen and oxygen atoms in total. The van der Waals surface area contributed by atoms with Gasteiger partial charge in [-0.2, -0.15) is 0 Å². The molecule has 0 N–H and O–H groups in total. The van der Waals surface area contributed by atoms with Crippen LogP contribution in [0.3, 0.4) is 0 Å². The lowest BCUT2D eigenvalue weighted by molar-refractivity contribution is 0.436. The molecule has 70 heavy (non-hydrogen) atoms. The van der Waals surface area contributed by atoms with Gasteiger partial charge in [-0.05, 0) is 116 Å². The van der Waals surface area contributed by atoms with Crippen LogP contribution in [0.2, 0.25) is 0 Å². The summed E-state index contributed by atoms with van der Waals surface area (Å²) in [6.45, 7) is 0. The van der Waals surface area contributed by atoms with Crippen molar-refractivity contribution < 1.29 is 9.15 Å². The Labute approximate surface area is 406 Å². The fourth-order valence-electron chi connectivity index (χ4n) is 11.5. The fourth-order valence-corrected chi connectivity index (χ4v) is 11.5. The average molecular weight is 894 g/mol. The molecule has 0 amide bonds. The zero-order valence-electron chi connectivity index (χ0n) is 38.1. The van der Waals surface area contributed by atoms with Crippen molar-refractivity contribution in [2.24, 2.45) is 0 Å². The predicted molar refractivity (Wildman–Crippen MR) is 288 cm³/mol. The number of furan rings is 1. The van der Waals surface area contributed by atoms with E-state index >= 15 is 0 Å². The third-order valence-corrected chi connectivity index (χ3v) is 14.6. The normalized spacial score (nSPS) is 12.8. The summed E-state index contributed by atoms with van der Waals surface area (Å²) in [7, 11) is 0. The van der Waals surface area contributed by atoms with E-state index in [9.17, 15) is 0 Å². The second-order valence-electron chi connectivity index (χ2n) is 18.3. The van der Waals surface area contributed by atoms with Gasteiger partial charge in [-0.1, -0.05) is 200 Å². The van der Waals surface area contributed by atoms with Gasteiger partial charge in [0.15, 0.2) is 0 Å². The van der Waals surface area contributed by atoms with Gasteiger partial charge in [-0.15, -0.1) is 0 Å². The number of para-hydroxylation sites is 4. The van der Waals surface area contributed by atoms with Gasteiger partial charge in [0.1, 0.15) is 22.7 Å². The second kappa shape index (κ2) is 16.0. The first-order chi connectivity index (χ1) is 34.7. The maximum absolute atomic E-state index is 6.76. The summed E-state index contributed by atoms with van der Waals surface area (Å²) >= 11 is 0. The molecule has 0 radical (unpaired) electrons. The first kappa shape index (κ1) is 39.9. The molecule has 1 aliphatic carbocycles. The maximum Gasteiger partial charge on any atom is 0.135 e. The molecular formula is C67H43NO2. The number of nitrogens with zero attached hydrogens (tertiary/aromatic N) is 1. The lowest BCUT2D eigenvalue weighted by atomic mass is 9.66. The molecule has 2 aliphatic rings. The maximum atomic E-state index is 6.76. The highest BCUT2D eigenvalue weighted by Gasteiger charge is 2.51. The van der Waals surface area contributed by atoms with Crippen molar-refractivity contribution in [3.8, 4) is 67.1 Å². The van der Waals surface area contributed by atoms with Crippen molar-refractivity contribution in [2.75, 3.05) is 4.90 Å². The molecule has 0 bridgehead atoms. The molecule has 0 saturated carbocycles. The summed E-state index contributed by atoms with van der Waals surface area (Å²) in [6.07, 6.45) is 0. The molecule has 328 valence electrons. The molecule has 12 aromatic rings. The third-order valence-electron chi connectivity index (χ3n) is 14.6. The van der Waals surface area contributed by atoms with Crippen molar-refractivity contribution in [2.45, 2.75) is 5.41 Å². The van der Waals surface area contributed by atoms with Crippen molar-refractivity contribution in [1.82, 2.24) is 0 Å². The van der Waals surface area contributed by atoms with Gasteiger partial charge in [-0.25, -0.2) is 0 Å². The van der Waals surface area contributed by atoms with E-state index in [1.807, 2.05) is 12.1 Å². The molecule has 0 saturated heterocycles. The van der Waals surface area contributed by atoms with E-state index in [0.29, 0.717) is 0 Å². The van der Waals surface area contributed by atoms with E-state index in [0.717, 1.165) is 89.4 Å². The Hall–Kier alpha value is -9.18. The molecule has 2 heterocycles. The van der Waals surface area contributed by atoms with Gasteiger partial charge in [0.2, 0.25) is 0 Å². The lowest BCUT2D eigenvalue weighted by Crippen LogP contribution is -2.32. The summed E-state index contributed by atoms with van der Waals surface area (Å²) in [5.41, 5.74) is 20.6. The van der Waals surface area contributed by atoms with Crippen LogP contribution in [0.5, 0.6) is 11.5 Å². The van der Waals surface area contributed by atoms with Gasteiger partial charge < -0.3 is 14.1 Å². The van der Waals surface area contributed by atoms with E-state index < -0.39 is 5.41 Å². The van der Waals surface area contributed by atoms with Gasteiger partial charge in [-0.3, -0.25) is 0 Å². The molecule has 0 unspecified atom stereocenters. The second-order valence-corrected chi connectivity index (χ2v) is 18.3. The molecule has 1 aliphatic heterocycles. The number of benzene rings is 11. The zero-order chi connectivity index (χ0) is 46.2. The SMILES string of the molecule is c1ccc(-c2ccccc2-c2ccc(N(c3ccc4c(c3)C3(c5ccccc5Oc5ccccc53)c3ccccc3-4)c3ccccc3-c3ccc4oc5ccccc5c4c3)c(-c3ccccc3)c2)cc1. The summed E-state index contributed by atoms with van der Waals surface area (Å²) in [5, 5.41) is 2.20. The minimum Gasteiger partial charge on any atom is -0.457 e. The number of fused-ring (bicyclic) bond motifs is 12. The fraction of sp³-hybridized carbons (Fsp3) is 0.0149. The van der Waals surface area contributed by atoms with Crippen LogP contribution in [0.15, 0.2) is 265 Å². The van der Waals surface area contributed by atoms with Crippen molar-refractivity contribution in [1.29, 1.82) is 0 Å². The number of ether oxygens (including phenoxy) is 1. The number of rotatable bonds is 7. The van der Waals surface area contributed by atoms with Crippen LogP contribution >= 0.6 is 0 Å². The minimum atomic E-state index is -0.640. The van der Waals surface area contributed by atoms with Crippen LogP contribution in [0.4, 0.5) is 17.1 Å². The van der Waals surface area contributed by atoms with Crippen LogP contribution in [0, 0.1) is 0 Å². The molecular weight excluding hydrogens is 851 g/mol. The van der Waals surface area contributed by atoms with Gasteiger partial charge >= 0.3 is 0 Å². The molecule has 3 heteroatoms. The van der Waals surface area contributed by atoms with Crippen LogP contribution < -0.4 is 9.64 Å². The van der Waals surface area contributed by atoms with Gasteiger partial charge in [0.25, 0.3) is 0 Å². The first-order valence-corrected chi connectivity index (χ1v) is 24.0. The molecule has 11 aromatic carbocycles. The highest BCUT2D eigenvalue weighted by atomic mass is 16.5. The Balaban J connectivity index is 1.06. The molecule has 0 atom stereocenters. The molecule has 14 rings (SSSR count). The van der Waals surface area contributed by atoms with Crippen molar-refractivity contribution in [3.05, 3.63) is 283 Å². The Morgan fingerprint density at radius 1 is 0.286 bits per heavy atom. The van der Waals surface area contributed by atoms with E-state index in [2.05, 4.69) is 254 Å². The Bertz CT molecular complexity index is 3950. The Morgan fingerprint density at radius 3 is 1.54 bits per heavy atom. The predicted octanol–water partition coefficient (Wildman–Crippen LogP) is 18.2. The number of hydrogen-bond acceptors (Lipinski definition) is 3. The summed E-state index contributed by atoms with van der Waals surface area (Å²) in [6, 6.07) is 94.4. The zero-order valence-corrected chi connectivity index (χ0v) is 38.1. The first-order valence-electron chi connectivity index (χ1n) is 24.0. The largest absolute Gasteiger partial charge is 0.457 e. The number of hydrogen-bond donors (Lipinski definition) is 0. The average Bonchev–Trinajstić information content (AvgIpc) is 3.95. The molecule has 1 aromatic heterocycles. The van der Waals surface area contributed by atoms with Crippen LogP contribution in [-0.4, -0.2) is 0 Å². The van der Waals surface area contributed by atoms with Crippen molar-refractivity contribution >= 4 is 39.0 Å². The summed E-state index contributed by atoms with van der Waals surface area (Å²) in [5.74, 6) is 1.74. The van der Waals surface area contributed by atoms with Crippen molar-refractivity contribution in [3.63, 3.8) is 0 Å². The summed E-state index contributed by atoms with van der Waals surface area (Å²) in [4.78, 5) is 2.50. The van der Waals surface area contributed by atoms with Gasteiger partial charge in [0, 0.05) is 38.7 Å². The van der Waals surface area contributed by atoms with Gasteiger partial charge in [0.05, 0.1) is 16.8 Å². The van der Waals surface area contributed by atoms with E-state index in [1.54, 1.807) is 0 Å². The van der Waals surface area contributed by atoms with E-state index in [1.165, 1.54) is 38.9 Å². The van der Waals surface area contributed by atoms with Crippen LogP contribution in [0.1, 0.15) is 22.3 Å². The van der Waals surface area contributed by atoms with Crippen LogP contribution in [0.25, 0.3) is 77.6 Å². The third kappa shape index (κ3) is 6.08.